The summed E-state index contributed by atoms with van der Waals surface area (Å²) in [7, 11) is 0. The molecule has 0 spiro atoms. The highest BCUT2D eigenvalue weighted by Crippen LogP contribution is 2.10. The summed E-state index contributed by atoms with van der Waals surface area (Å²) in [6, 6.07) is 0. The van der Waals surface area contributed by atoms with E-state index in [2.05, 4.69) is 43.4 Å². The summed E-state index contributed by atoms with van der Waals surface area (Å²) in [4.78, 5) is 10.6. The van der Waals surface area contributed by atoms with Gasteiger partial charge in [0, 0.05) is 6.42 Å². The van der Waals surface area contributed by atoms with E-state index in [0.29, 0.717) is 6.42 Å². The third kappa shape index (κ3) is 18.7. The van der Waals surface area contributed by atoms with Crippen molar-refractivity contribution in [3.63, 3.8) is 0 Å². The molecule has 0 aromatic heterocycles. The topological polar surface area (TPSA) is 43.1 Å². The van der Waals surface area contributed by atoms with Crippen LogP contribution in [0.1, 0.15) is 84.0 Å². The number of amides is 1. The van der Waals surface area contributed by atoms with Gasteiger partial charge in [-0.05, 0) is 38.5 Å². The minimum atomic E-state index is -0.168. The van der Waals surface area contributed by atoms with Crippen molar-refractivity contribution in [3.8, 4) is 0 Å². The molecule has 0 atom stereocenters. The van der Waals surface area contributed by atoms with Crippen LogP contribution in [0.15, 0.2) is 36.5 Å². The van der Waals surface area contributed by atoms with E-state index in [4.69, 9.17) is 5.73 Å². The molecule has 0 saturated heterocycles. The third-order valence-electron chi connectivity index (χ3n) is 3.57. The van der Waals surface area contributed by atoms with Gasteiger partial charge < -0.3 is 5.73 Å². The Bertz CT molecular complexity index is 329. The molecule has 0 aliphatic heterocycles. The number of rotatable bonds is 15. The van der Waals surface area contributed by atoms with Crippen molar-refractivity contribution in [1.29, 1.82) is 0 Å². The van der Waals surface area contributed by atoms with E-state index in [0.717, 1.165) is 32.1 Å². The normalized spacial score (nSPS) is 12.0. The van der Waals surface area contributed by atoms with Crippen LogP contribution in [0, 0.1) is 0 Å². The molecule has 0 fully saturated rings. The maximum atomic E-state index is 10.6. The van der Waals surface area contributed by atoms with Gasteiger partial charge in [0.2, 0.25) is 5.91 Å². The average molecular weight is 306 g/mol. The summed E-state index contributed by atoms with van der Waals surface area (Å²) in [6.07, 6.45) is 27.0. The highest BCUT2D eigenvalue weighted by atomic mass is 16.1. The van der Waals surface area contributed by atoms with Gasteiger partial charge in [0.1, 0.15) is 0 Å². The van der Waals surface area contributed by atoms with Crippen molar-refractivity contribution in [2.45, 2.75) is 84.0 Å². The Morgan fingerprint density at radius 3 is 1.82 bits per heavy atom. The van der Waals surface area contributed by atoms with Crippen LogP contribution in [0.5, 0.6) is 0 Å². The molecule has 0 bridgehead atoms. The number of allylic oxidation sites excluding steroid dienone is 6. The molecular formula is C20H35NO. The lowest BCUT2D eigenvalue weighted by Crippen LogP contribution is -2.09. The molecular weight excluding hydrogens is 270 g/mol. The molecule has 0 aromatic rings. The van der Waals surface area contributed by atoms with E-state index in [9.17, 15) is 4.79 Å². The number of carbonyl (C=O) groups excluding carboxylic acids is 1. The van der Waals surface area contributed by atoms with Gasteiger partial charge in [0.15, 0.2) is 0 Å². The molecule has 1 amide bonds. The molecule has 2 nitrogen and oxygen atoms in total. The summed E-state index contributed by atoms with van der Waals surface area (Å²) >= 11 is 0. The molecule has 0 heterocycles. The van der Waals surface area contributed by atoms with Crippen molar-refractivity contribution >= 4 is 5.91 Å². The van der Waals surface area contributed by atoms with E-state index in [1.807, 2.05) is 0 Å². The van der Waals surface area contributed by atoms with E-state index in [1.54, 1.807) is 0 Å². The van der Waals surface area contributed by atoms with Crippen molar-refractivity contribution in [2.24, 2.45) is 5.73 Å². The molecule has 0 radical (unpaired) electrons. The first-order valence-electron chi connectivity index (χ1n) is 9.00. The molecule has 0 rings (SSSR count). The van der Waals surface area contributed by atoms with Crippen LogP contribution in [0.4, 0.5) is 0 Å². The van der Waals surface area contributed by atoms with Gasteiger partial charge in [0.05, 0.1) is 0 Å². The standard InChI is InChI=1S/C20H35NO/c1-2-3-4-5-6-7-8-9-10-11-12-13-14-15-16-17-18-19-20(21)22/h3-4,6-7,9-10H,2,5,8,11-19H2,1H3,(H2,21,22)/b4-3+,7-6+,10-9+. The van der Waals surface area contributed by atoms with Gasteiger partial charge in [-0.25, -0.2) is 0 Å². The van der Waals surface area contributed by atoms with Crippen LogP contribution in [-0.2, 0) is 4.79 Å². The first kappa shape index (κ1) is 20.7. The van der Waals surface area contributed by atoms with Crippen molar-refractivity contribution < 1.29 is 4.79 Å². The molecule has 0 saturated carbocycles. The number of nitrogens with two attached hydrogens (primary N) is 1. The fourth-order valence-corrected chi connectivity index (χ4v) is 2.27. The first-order chi connectivity index (χ1) is 10.8. The van der Waals surface area contributed by atoms with Crippen LogP contribution in [0.2, 0.25) is 0 Å². The van der Waals surface area contributed by atoms with Crippen LogP contribution >= 0.6 is 0 Å². The van der Waals surface area contributed by atoms with Crippen LogP contribution in [0.3, 0.4) is 0 Å². The molecule has 0 aliphatic rings. The Balaban J connectivity index is 3.20. The second-order valence-corrected chi connectivity index (χ2v) is 5.77. The Labute approximate surface area is 137 Å². The second-order valence-electron chi connectivity index (χ2n) is 5.77. The zero-order chi connectivity index (χ0) is 16.3. The number of hydrogen-bond donors (Lipinski definition) is 1. The third-order valence-corrected chi connectivity index (χ3v) is 3.57. The fourth-order valence-electron chi connectivity index (χ4n) is 2.27. The van der Waals surface area contributed by atoms with Gasteiger partial charge in [-0.1, -0.05) is 75.5 Å². The second kappa shape index (κ2) is 17.7. The predicted octanol–water partition coefficient (Wildman–Crippen LogP) is 5.84. The minimum absolute atomic E-state index is 0.168. The molecule has 0 aliphatic carbocycles. The molecule has 126 valence electrons. The number of hydrogen-bond acceptors (Lipinski definition) is 1. The average Bonchev–Trinajstić information content (AvgIpc) is 2.50. The maximum Gasteiger partial charge on any atom is 0.217 e. The Hall–Kier alpha value is -1.31. The predicted molar refractivity (Wildman–Crippen MR) is 97.7 cm³/mol. The molecule has 2 N–H and O–H groups in total. The molecule has 2 heteroatoms. The van der Waals surface area contributed by atoms with Gasteiger partial charge in [-0.2, -0.15) is 0 Å². The Kier molecular flexibility index (Phi) is 16.7. The quantitative estimate of drug-likeness (QED) is 0.300. The fraction of sp³-hybridized carbons (Fsp3) is 0.650. The van der Waals surface area contributed by atoms with Crippen LogP contribution in [-0.4, -0.2) is 5.91 Å². The summed E-state index contributed by atoms with van der Waals surface area (Å²) in [5.74, 6) is -0.168. The largest absolute Gasteiger partial charge is 0.370 e. The number of carbonyl (C=O) groups is 1. The van der Waals surface area contributed by atoms with Gasteiger partial charge in [-0.15, -0.1) is 0 Å². The zero-order valence-electron chi connectivity index (χ0n) is 14.4. The SMILES string of the molecule is CC/C=C/C/C=C/C/C=C/CCCCCCCCCC(N)=O. The van der Waals surface area contributed by atoms with Gasteiger partial charge >= 0.3 is 0 Å². The maximum absolute atomic E-state index is 10.6. The number of unbranched alkanes of at least 4 members (excludes halogenated alkanes) is 7. The van der Waals surface area contributed by atoms with E-state index < -0.39 is 0 Å². The summed E-state index contributed by atoms with van der Waals surface area (Å²) < 4.78 is 0. The minimum Gasteiger partial charge on any atom is -0.370 e. The van der Waals surface area contributed by atoms with Crippen molar-refractivity contribution in [2.75, 3.05) is 0 Å². The summed E-state index contributed by atoms with van der Waals surface area (Å²) in [6.45, 7) is 2.16. The highest BCUT2D eigenvalue weighted by molar-refractivity contribution is 5.73. The van der Waals surface area contributed by atoms with Crippen molar-refractivity contribution in [1.82, 2.24) is 0 Å². The first-order valence-corrected chi connectivity index (χ1v) is 9.00. The smallest absolute Gasteiger partial charge is 0.217 e. The van der Waals surface area contributed by atoms with E-state index >= 15 is 0 Å². The molecule has 0 unspecified atom stereocenters. The summed E-state index contributed by atoms with van der Waals surface area (Å²) in [5.41, 5.74) is 5.11. The van der Waals surface area contributed by atoms with Crippen molar-refractivity contribution in [3.05, 3.63) is 36.5 Å². The lowest BCUT2D eigenvalue weighted by molar-refractivity contribution is -0.118. The highest BCUT2D eigenvalue weighted by Gasteiger charge is 1.94. The monoisotopic (exact) mass is 305 g/mol. The summed E-state index contributed by atoms with van der Waals surface area (Å²) in [5, 5.41) is 0. The van der Waals surface area contributed by atoms with Crippen LogP contribution in [0.25, 0.3) is 0 Å². The van der Waals surface area contributed by atoms with Gasteiger partial charge in [-0.3, -0.25) is 4.79 Å². The zero-order valence-corrected chi connectivity index (χ0v) is 14.4. The Morgan fingerprint density at radius 1 is 0.727 bits per heavy atom. The molecule has 22 heavy (non-hydrogen) atoms. The van der Waals surface area contributed by atoms with E-state index in [-0.39, 0.29) is 5.91 Å². The number of primary amides is 1. The Morgan fingerprint density at radius 2 is 1.23 bits per heavy atom. The lowest BCUT2D eigenvalue weighted by atomic mass is 10.1. The lowest BCUT2D eigenvalue weighted by Gasteiger charge is -2.00. The van der Waals surface area contributed by atoms with Gasteiger partial charge in [0.25, 0.3) is 0 Å². The van der Waals surface area contributed by atoms with Crippen LogP contribution < -0.4 is 5.73 Å². The van der Waals surface area contributed by atoms with E-state index in [1.165, 1.54) is 38.5 Å². The molecule has 0 aromatic carbocycles.